The third kappa shape index (κ3) is 4.19. The molecule has 1 unspecified atom stereocenters. The van der Waals surface area contributed by atoms with Crippen molar-refractivity contribution in [3.63, 3.8) is 0 Å². The van der Waals surface area contributed by atoms with Gasteiger partial charge >= 0.3 is 12.1 Å². The fraction of sp³-hybridized carbons (Fsp3) is 0.500. The highest BCUT2D eigenvalue weighted by Crippen LogP contribution is 2.28. The van der Waals surface area contributed by atoms with E-state index in [-0.39, 0.29) is 17.3 Å². The number of nitrogens with zero attached hydrogens (tertiary/aromatic N) is 2. The number of carboxylic acids is 1. The van der Waals surface area contributed by atoms with Crippen molar-refractivity contribution in [2.24, 2.45) is 0 Å². The van der Waals surface area contributed by atoms with E-state index in [0.717, 1.165) is 17.0 Å². The predicted octanol–water partition coefficient (Wildman–Crippen LogP) is 2.73. The van der Waals surface area contributed by atoms with Crippen LogP contribution in [0, 0.1) is 6.92 Å². The zero-order valence-electron chi connectivity index (χ0n) is 12.4. The summed E-state index contributed by atoms with van der Waals surface area (Å²) in [6.45, 7) is 4.23. The number of carbonyl (C=O) groups excluding carboxylic acids is 1. The first-order chi connectivity index (χ1) is 10.1. The van der Waals surface area contributed by atoms with Gasteiger partial charge in [-0.15, -0.1) is 0 Å². The summed E-state index contributed by atoms with van der Waals surface area (Å²) in [7, 11) is 0. The minimum Gasteiger partial charge on any atom is -0.480 e. The van der Waals surface area contributed by atoms with Crippen LogP contribution in [0.15, 0.2) is 12.1 Å². The Bertz CT molecular complexity index is 573. The van der Waals surface area contributed by atoms with Gasteiger partial charge in [-0.1, -0.05) is 6.92 Å². The Morgan fingerprint density at radius 1 is 1.36 bits per heavy atom. The van der Waals surface area contributed by atoms with E-state index >= 15 is 0 Å². The van der Waals surface area contributed by atoms with Gasteiger partial charge in [-0.3, -0.25) is 9.59 Å². The second-order valence-corrected chi connectivity index (χ2v) is 4.91. The molecule has 1 amide bonds. The lowest BCUT2D eigenvalue weighted by atomic mass is 10.1. The van der Waals surface area contributed by atoms with Crippen LogP contribution in [0.5, 0.6) is 0 Å². The SMILES string of the molecule is CCC(C)N(CC(=O)O)C(=O)c1ccc(C(F)(F)F)nc1C. The summed E-state index contributed by atoms with van der Waals surface area (Å²) in [5.41, 5.74) is -1.21. The number of pyridine rings is 1. The number of carbonyl (C=O) groups is 2. The average molecular weight is 318 g/mol. The van der Waals surface area contributed by atoms with Crippen molar-refractivity contribution >= 4 is 11.9 Å². The van der Waals surface area contributed by atoms with Gasteiger partial charge < -0.3 is 10.0 Å². The lowest BCUT2D eigenvalue weighted by Gasteiger charge is -2.27. The van der Waals surface area contributed by atoms with Gasteiger partial charge in [0.1, 0.15) is 12.2 Å². The number of aryl methyl sites for hydroxylation is 1. The molecule has 0 saturated heterocycles. The smallest absolute Gasteiger partial charge is 0.433 e. The zero-order valence-corrected chi connectivity index (χ0v) is 12.4. The summed E-state index contributed by atoms with van der Waals surface area (Å²) in [4.78, 5) is 27.8. The first kappa shape index (κ1) is 17.9. The molecular formula is C14H17F3N2O3. The summed E-state index contributed by atoms with van der Waals surface area (Å²) in [6, 6.07) is 1.39. The van der Waals surface area contributed by atoms with Crippen LogP contribution in [-0.2, 0) is 11.0 Å². The van der Waals surface area contributed by atoms with Crippen LogP contribution < -0.4 is 0 Å². The number of halogens is 3. The molecule has 0 aliphatic carbocycles. The van der Waals surface area contributed by atoms with Crippen molar-refractivity contribution in [1.82, 2.24) is 9.88 Å². The molecular weight excluding hydrogens is 301 g/mol. The highest BCUT2D eigenvalue weighted by molar-refractivity contribution is 5.97. The van der Waals surface area contributed by atoms with Crippen molar-refractivity contribution in [3.05, 3.63) is 29.1 Å². The van der Waals surface area contributed by atoms with E-state index in [9.17, 15) is 22.8 Å². The molecule has 0 aliphatic rings. The molecule has 0 spiro atoms. The standard InChI is InChI=1S/C14H17F3N2O3/c1-4-8(2)19(7-12(20)21)13(22)10-5-6-11(14(15,16)17)18-9(10)3/h5-6,8H,4,7H2,1-3H3,(H,20,21). The maximum Gasteiger partial charge on any atom is 0.433 e. The monoisotopic (exact) mass is 318 g/mol. The maximum absolute atomic E-state index is 12.6. The van der Waals surface area contributed by atoms with Gasteiger partial charge in [-0.25, -0.2) is 4.98 Å². The number of alkyl halides is 3. The fourth-order valence-corrected chi connectivity index (χ4v) is 1.89. The topological polar surface area (TPSA) is 70.5 Å². The van der Waals surface area contributed by atoms with Crippen LogP contribution >= 0.6 is 0 Å². The predicted molar refractivity (Wildman–Crippen MR) is 72.4 cm³/mol. The second kappa shape index (κ2) is 6.76. The molecule has 0 bridgehead atoms. The third-order valence-corrected chi connectivity index (χ3v) is 3.30. The molecule has 5 nitrogen and oxygen atoms in total. The van der Waals surface area contributed by atoms with Crippen LogP contribution in [0.25, 0.3) is 0 Å². The minimum atomic E-state index is -4.59. The maximum atomic E-state index is 12.6. The molecule has 1 aromatic heterocycles. The molecule has 1 atom stereocenters. The van der Waals surface area contributed by atoms with Crippen LogP contribution in [0.4, 0.5) is 13.2 Å². The Morgan fingerprint density at radius 3 is 2.36 bits per heavy atom. The van der Waals surface area contributed by atoms with Crippen LogP contribution in [-0.4, -0.2) is 39.5 Å². The molecule has 0 radical (unpaired) electrons. The van der Waals surface area contributed by atoms with Crippen LogP contribution in [0.1, 0.15) is 42.0 Å². The fourth-order valence-electron chi connectivity index (χ4n) is 1.89. The van der Waals surface area contributed by atoms with Gasteiger partial charge in [-0.2, -0.15) is 13.2 Å². The number of carboxylic acid groups (broad SMARTS) is 1. The van der Waals surface area contributed by atoms with E-state index in [1.807, 2.05) is 0 Å². The van der Waals surface area contributed by atoms with Gasteiger partial charge in [0, 0.05) is 6.04 Å². The van der Waals surface area contributed by atoms with Crippen LogP contribution in [0.3, 0.4) is 0 Å². The highest BCUT2D eigenvalue weighted by atomic mass is 19.4. The largest absolute Gasteiger partial charge is 0.480 e. The highest BCUT2D eigenvalue weighted by Gasteiger charge is 2.33. The average Bonchev–Trinajstić information content (AvgIpc) is 2.42. The molecule has 8 heteroatoms. The van der Waals surface area contributed by atoms with Crippen molar-refractivity contribution in [2.75, 3.05) is 6.54 Å². The van der Waals surface area contributed by atoms with Gasteiger partial charge in [0.15, 0.2) is 0 Å². The molecule has 122 valence electrons. The molecule has 0 saturated carbocycles. The van der Waals surface area contributed by atoms with Gasteiger partial charge in [0.2, 0.25) is 0 Å². The van der Waals surface area contributed by atoms with E-state index in [1.165, 1.54) is 6.92 Å². The summed E-state index contributed by atoms with van der Waals surface area (Å²) in [5.74, 6) is -1.83. The second-order valence-electron chi connectivity index (χ2n) is 4.91. The molecule has 22 heavy (non-hydrogen) atoms. The Hall–Kier alpha value is -2.12. The van der Waals surface area contributed by atoms with Gasteiger partial charge in [-0.05, 0) is 32.4 Å². The molecule has 0 aliphatic heterocycles. The van der Waals surface area contributed by atoms with Crippen molar-refractivity contribution in [1.29, 1.82) is 0 Å². The number of aromatic nitrogens is 1. The number of hydrogen-bond acceptors (Lipinski definition) is 3. The number of hydrogen-bond donors (Lipinski definition) is 1. The first-order valence-corrected chi connectivity index (χ1v) is 6.65. The Morgan fingerprint density at radius 2 is 1.95 bits per heavy atom. The molecule has 1 rings (SSSR count). The van der Waals surface area contributed by atoms with E-state index in [0.29, 0.717) is 6.42 Å². The van der Waals surface area contributed by atoms with Crippen molar-refractivity contribution < 1.29 is 27.9 Å². The van der Waals surface area contributed by atoms with Crippen molar-refractivity contribution in [2.45, 2.75) is 39.4 Å². The minimum absolute atomic E-state index is 0.0328. The zero-order chi connectivity index (χ0) is 17.1. The molecule has 1 aromatic rings. The molecule has 1 heterocycles. The third-order valence-electron chi connectivity index (χ3n) is 3.30. The lowest BCUT2D eigenvalue weighted by molar-refractivity contribution is -0.141. The Balaban J connectivity index is 3.17. The summed E-state index contributed by atoms with van der Waals surface area (Å²) in [6.07, 6.45) is -4.07. The van der Waals surface area contributed by atoms with E-state index in [1.54, 1.807) is 13.8 Å². The molecule has 0 aromatic carbocycles. The number of rotatable bonds is 5. The van der Waals surface area contributed by atoms with Crippen molar-refractivity contribution in [3.8, 4) is 0 Å². The van der Waals surface area contributed by atoms with E-state index < -0.39 is 30.3 Å². The normalized spacial score (nSPS) is 12.8. The Kier molecular flexibility index (Phi) is 5.51. The molecule has 1 N–H and O–H groups in total. The molecule has 0 fully saturated rings. The number of amides is 1. The lowest BCUT2D eigenvalue weighted by Crippen LogP contribution is -2.42. The summed E-state index contributed by atoms with van der Waals surface area (Å²) < 4.78 is 37.7. The first-order valence-electron chi connectivity index (χ1n) is 6.65. The van der Waals surface area contributed by atoms with Gasteiger partial charge in [0.05, 0.1) is 11.3 Å². The van der Waals surface area contributed by atoms with E-state index in [4.69, 9.17) is 5.11 Å². The van der Waals surface area contributed by atoms with E-state index in [2.05, 4.69) is 4.98 Å². The summed E-state index contributed by atoms with van der Waals surface area (Å²) in [5, 5.41) is 8.89. The Labute approximate surface area is 125 Å². The van der Waals surface area contributed by atoms with Crippen LogP contribution in [0.2, 0.25) is 0 Å². The number of aliphatic carboxylic acids is 1. The quantitative estimate of drug-likeness (QED) is 0.906. The summed E-state index contributed by atoms with van der Waals surface area (Å²) >= 11 is 0. The van der Waals surface area contributed by atoms with Gasteiger partial charge in [0.25, 0.3) is 5.91 Å².